The first-order chi connectivity index (χ1) is 3.72. The van der Waals surface area contributed by atoms with E-state index in [0.29, 0.717) is 0 Å². The summed E-state index contributed by atoms with van der Waals surface area (Å²) in [5, 5.41) is 10.6. The minimum Gasteiger partial charge on any atom is -0.411 e. The van der Waals surface area contributed by atoms with Gasteiger partial charge in [0.05, 0.1) is 5.88 Å². The largest absolute Gasteiger partial charge is 0.411 e. The molecule has 0 heterocycles. The van der Waals surface area contributed by atoms with Gasteiger partial charge in [0.2, 0.25) is 0 Å². The van der Waals surface area contributed by atoms with E-state index in [4.69, 9.17) is 16.8 Å². The molecule has 0 spiro atoms. The predicted octanol–water partition coefficient (Wildman–Crippen LogP) is 0.644. The fourth-order valence-electron chi connectivity index (χ4n) is 0.152. The number of rotatable bonds is 2. The number of hydrogen-bond acceptors (Lipinski definition) is 3. The van der Waals surface area contributed by atoms with Crippen molar-refractivity contribution >= 4 is 23.1 Å². The maximum atomic E-state index is 10.3. The topological polar surface area (TPSA) is 49.7 Å². The highest BCUT2D eigenvalue weighted by Gasteiger charge is 2.01. The molecule has 0 aliphatic carbocycles. The molecule has 0 unspecified atom stereocenters. The number of Topliss-reactive ketones (excluding diaryl/α,β-unsaturated/α-hetero) is 1. The van der Waals surface area contributed by atoms with Gasteiger partial charge in [0.1, 0.15) is 5.71 Å². The molecule has 0 fully saturated rings. The third-order valence-electron chi connectivity index (χ3n) is 0.675. The smallest absolute Gasteiger partial charge is 0.194 e. The lowest BCUT2D eigenvalue weighted by molar-refractivity contribution is -0.110. The van der Waals surface area contributed by atoms with Gasteiger partial charge in [0.15, 0.2) is 5.78 Å². The van der Waals surface area contributed by atoms with Gasteiger partial charge in [-0.3, -0.25) is 4.79 Å². The normalized spacial score (nSPS) is 11.5. The van der Waals surface area contributed by atoms with Crippen molar-refractivity contribution in [1.29, 1.82) is 0 Å². The van der Waals surface area contributed by atoms with Gasteiger partial charge >= 0.3 is 0 Å². The van der Waals surface area contributed by atoms with Crippen LogP contribution in [-0.4, -0.2) is 22.6 Å². The van der Waals surface area contributed by atoms with E-state index < -0.39 is 0 Å². The standard InChI is InChI=1S/C4H6ClNO2/c1-3(6-8)4(7)2-5/h8H,2H2,1H3/b6-3+. The summed E-state index contributed by atoms with van der Waals surface area (Å²) < 4.78 is 0. The predicted molar refractivity (Wildman–Crippen MR) is 30.6 cm³/mol. The summed E-state index contributed by atoms with van der Waals surface area (Å²) >= 11 is 5.08. The number of alkyl halides is 1. The van der Waals surface area contributed by atoms with Crippen molar-refractivity contribution in [3.05, 3.63) is 0 Å². The Kier molecular flexibility index (Phi) is 3.19. The summed E-state index contributed by atoms with van der Waals surface area (Å²) in [6.45, 7) is 1.39. The van der Waals surface area contributed by atoms with Crippen LogP contribution in [0.5, 0.6) is 0 Å². The van der Waals surface area contributed by atoms with Crippen molar-refractivity contribution < 1.29 is 10.0 Å². The molecule has 4 heteroatoms. The Bertz CT molecular complexity index is 121. The van der Waals surface area contributed by atoms with Crippen LogP contribution in [0, 0.1) is 0 Å². The second-order valence-corrected chi connectivity index (χ2v) is 1.51. The van der Waals surface area contributed by atoms with Crippen molar-refractivity contribution in [3.63, 3.8) is 0 Å². The van der Waals surface area contributed by atoms with Gasteiger partial charge in [-0.15, -0.1) is 11.6 Å². The average Bonchev–Trinajstić information content (AvgIpc) is 1.84. The van der Waals surface area contributed by atoms with Crippen LogP contribution in [0.15, 0.2) is 5.16 Å². The molecule has 0 aliphatic rings. The summed E-state index contributed by atoms with van der Waals surface area (Å²) in [5.41, 5.74) is 0.0417. The number of carbonyl (C=O) groups is 1. The summed E-state index contributed by atoms with van der Waals surface area (Å²) in [6, 6.07) is 0. The molecule has 0 rings (SSSR count). The highest BCUT2D eigenvalue weighted by molar-refractivity contribution is 6.48. The van der Waals surface area contributed by atoms with Crippen LogP contribution in [-0.2, 0) is 4.79 Å². The van der Waals surface area contributed by atoms with Crippen molar-refractivity contribution in [2.75, 3.05) is 5.88 Å². The Hall–Kier alpha value is -0.570. The lowest BCUT2D eigenvalue weighted by Crippen LogP contribution is -2.10. The van der Waals surface area contributed by atoms with Crippen molar-refractivity contribution in [3.8, 4) is 0 Å². The first kappa shape index (κ1) is 7.43. The van der Waals surface area contributed by atoms with Gasteiger partial charge in [-0.05, 0) is 6.92 Å². The molecule has 0 aromatic heterocycles. The summed E-state index contributed by atoms with van der Waals surface area (Å²) in [4.78, 5) is 10.3. The maximum absolute atomic E-state index is 10.3. The van der Waals surface area contributed by atoms with E-state index >= 15 is 0 Å². The third-order valence-corrected chi connectivity index (χ3v) is 0.918. The first-order valence-corrected chi connectivity index (χ1v) is 2.53. The fraction of sp³-hybridized carbons (Fsp3) is 0.500. The molecular weight excluding hydrogens is 130 g/mol. The van der Waals surface area contributed by atoms with Crippen LogP contribution in [0.1, 0.15) is 6.92 Å². The second-order valence-electron chi connectivity index (χ2n) is 1.24. The van der Waals surface area contributed by atoms with Crippen LogP contribution in [0.25, 0.3) is 0 Å². The molecule has 1 N–H and O–H groups in total. The molecule has 3 nitrogen and oxygen atoms in total. The Morgan fingerprint density at radius 1 is 1.88 bits per heavy atom. The van der Waals surface area contributed by atoms with Gasteiger partial charge in [0.25, 0.3) is 0 Å². The highest BCUT2D eigenvalue weighted by Crippen LogP contribution is 1.82. The molecule has 0 aromatic rings. The molecule has 0 aromatic carbocycles. The lowest BCUT2D eigenvalue weighted by Gasteiger charge is -1.86. The molecule has 0 atom stereocenters. The van der Waals surface area contributed by atoms with Crippen molar-refractivity contribution in [2.45, 2.75) is 6.92 Å². The molecule has 8 heavy (non-hydrogen) atoms. The average molecular weight is 136 g/mol. The molecule has 0 amide bonds. The number of carbonyl (C=O) groups excluding carboxylic acids is 1. The van der Waals surface area contributed by atoms with E-state index in [1.165, 1.54) is 6.92 Å². The van der Waals surface area contributed by atoms with Crippen LogP contribution in [0.2, 0.25) is 0 Å². The summed E-state index contributed by atoms with van der Waals surface area (Å²) in [6.07, 6.45) is 0. The number of hydrogen-bond donors (Lipinski definition) is 1. The van der Waals surface area contributed by atoms with E-state index in [-0.39, 0.29) is 17.4 Å². The van der Waals surface area contributed by atoms with E-state index in [9.17, 15) is 4.79 Å². The first-order valence-electron chi connectivity index (χ1n) is 2.00. The van der Waals surface area contributed by atoms with Crippen LogP contribution in [0.4, 0.5) is 0 Å². The summed E-state index contributed by atoms with van der Waals surface area (Å²) in [5.74, 6) is -0.482. The fourth-order valence-corrected chi connectivity index (χ4v) is 0.346. The number of ketones is 1. The number of halogens is 1. The van der Waals surface area contributed by atoms with Crippen LogP contribution in [0.3, 0.4) is 0 Å². The minimum atomic E-state index is -0.353. The molecule has 46 valence electrons. The van der Waals surface area contributed by atoms with E-state index in [1.807, 2.05) is 0 Å². The van der Waals surface area contributed by atoms with Gasteiger partial charge in [-0.1, -0.05) is 5.16 Å². The Morgan fingerprint density at radius 3 is 2.50 bits per heavy atom. The zero-order valence-corrected chi connectivity index (χ0v) is 5.14. The van der Waals surface area contributed by atoms with E-state index in [2.05, 4.69) is 5.16 Å². The minimum absolute atomic E-state index is 0.0417. The van der Waals surface area contributed by atoms with Crippen molar-refractivity contribution in [2.24, 2.45) is 5.16 Å². The van der Waals surface area contributed by atoms with Gasteiger partial charge in [-0.25, -0.2) is 0 Å². The molecule has 0 bridgehead atoms. The second kappa shape index (κ2) is 3.43. The lowest BCUT2D eigenvalue weighted by atomic mass is 10.3. The van der Waals surface area contributed by atoms with E-state index in [0.717, 1.165) is 0 Å². The Morgan fingerprint density at radius 2 is 2.38 bits per heavy atom. The van der Waals surface area contributed by atoms with Gasteiger partial charge in [-0.2, -0.15) is 0 Å². The third kappa shape index (κ3) is 1.93. The number of nitrogens with zero attached hydrogens (tertiary/aromatic N) is 1. The maximum Gasteiger partial charge on any atom is 0.194 e. The van der Waals surface area contributed by atoms with Gasteiger partial charge < -0.3 is 5.21 Å². The monoisotopic (exact) mass is 135 g/mol. The molecule has 0 saturated heterocycles. The number of oxime groups is 1. The Balaban J connectivity index is 3.83. The van der Waals surface area contributed by atoms with Crippen LogP contribution >= 0.6 is 11.6 Å². The zero-order valence-electron chi connectivity index (χ0n) is 4.39. The Labute approximate surface area is 51.9 Å². The zero-order chi connectivity index (χ0) is 6.57. The highest BCUT2D eigenvalue weighted by atomic mass is 35.5. The van der Waals surface area contributed by atoms with Crippen molar-refractivity contribution in [1.82, 2.24) is 0 Å². The molecule has 0 saturated carbocycles. The molecule has 0 aliphatic heterocycles. The van der Waals surface area contributed by atoms with Crippen LogP contribution < -0.4 is 0 Å². The quantitative estimate of drug-likeness (QED) is 0.262. The SMILES string of the molecule is C/C(=N\O)C(=O)CCl. The van der Waals surface area contributed by atoms with Gasteiger partial charge in [0, 0.05) is 0 Å². The van der Waals surface area contributed by atoms with E-state index in [1.54, 1.807) is 0 Å². The summed E-state index contributed by atoms with van der Waals surface area (Å²) in [7, 11) is 0. The molecular formula is C4H6ClNO2. The molecule has 0 radical (unpaired) electrons.